The Balaban J connectivity index is 2.13. The molecular weight excluding hydrogens is 399 g/mol. The molecule has 1 rings (SSSR count). The normalized spacial score (nSPS) is 15.1. The standard InChI is InChI=1S/C18H27N4O6P/c1-11(17(27)21-12(2)18(28)29)20-14(24)6-4-3-5-13(23)19-9-10-22-15(25)7-8-16(22)26/h7-8,11-12H,3-6,9-10,29H2,1-2H3,(H,19,23)(H,20,24)(H,21,27)/t11-,12-/m0/s1. The molecule has 3 atom stereocenters. The molecule has 5 amide bonds. The maximum absolute atomic E-state index is 11.9. The van der Waals surface area contributed by atoms with Crippen LogP contribution in [0.5, 0.6) is 0 Å². The fourth-order valence-electron chi connectivity index (χ4n) is 2.41. The number of amides is 5. The molecule has 0 aliphatic carbocycles. The monoisotopic (exact) mass is 426 g/mol. The van der Waals surface area contributed by atoms with Gasteiger partial charge in [-0.3, -0.25) is 33.7 Å². The third-order valence-electron chi connectivity index (χ3n) is 4.17. The summed E-state index contributed by atoms with van der Waals surface area (Å²) in [5.41, 5.74) is -0.259. The fraction of sp³-hybridized carbons (Fsp3) is 0.556. The van der Waals surface area contributed by atoms with Crippen molar-refractivity contribution < 1.29 is 28.8 Å². The number of nitrogens with one attached hydrogen (secondary N) is 3. The summed E-state index contributed by atoms with van der Waals surface area (Å²) in [6, 6.07) is -1.42. The Morgan fingerprint density at radius 1 is 0.931 bits per heavy atom. The lowest BCUT2D eigenvalue weighted by Gasteiger charge is -2.16. The average molecular weight is 426 g/mol. The van der Waals surface area contributed by atoms with Crippen molar-refractivity contribution in [3.05, 3.63) is 12.2 Å². The Bertz CT molecular complexity index is 690. The molecule has 0 aromatic carbocycles. The van der Waals surface area contributed by atoms with Gasteiger partial charge in [0.05, 0.1) is 6.04 Å². The molecule has 0 fully saturated rings. The maximum atomic E-state index is 11.9. The predicted molar refractivity (Wildman–Crippen MR) is 107 cm³/mol. The molecule has 0 bridgehead atoms. The number of unbranched alkanes of at least 4 members (excludes halogenated alkanes) is 1. The molecule has 0 saturated heterocycles. The lowest BCUT2D eigenvalue weighted by atomic mass is 10.1. The van der Waals surface area contributed by atoms with E-state index >= 15 is 0 Å². The molecule has 11 heteroatoms. The molecule has 0 spiro atoms. The topological polar surface area (TPSA) is 142 Å². The molecule has 1 aliphatic rings. The van der Waals surface area contributed by atoms with Crippen LogP contribution in [0, 0.1) is 0 Å². The van der Waals surface area contributed by atoms with E-state index in [1.54, 1.807) is 6.92 Å². The van der Waals surface area contributed by atoms with Gasteiger partial charge in [-0.25, -0.2) is 0 Å². The number of hydrogen-bond acceptors (Lipinski definition) is 6. The van der Waals surface area contributed by atoms with Crippen LogP contribution in [0.1, 0.15) is 39.5 Å². The summed E-state index contributed by atoms with van der Waals surface area (Å²) in [5.74, 6) is -1.80. The first-order chi connectivity index (χ1) is 13.6. The van der Waals surface area contributed by atoms with Crippen molar-refractivity contribution >= 4 is 44.3 Å². The van der Waals surface area contributed by atoms with Gasteiger partial charge in [0.2, 0.25) is 17.7 Å². The highest BCUT2D eigenvalue weighted by molar-refractivity contribution is 7.40. The van der Waals surface area contributed by atoms with E-state index in [2.05, 4.69) is 16.0 Å². The van der Waals surface area contributed by atoms with Gasteiger partial charge in [0.1, 0.15) is 6.04 Å². The molecule has 3 N–H and O–H groups in total. The molecule has 1 heterocycles. The lowest BCUT2D eigenvalue weighted by molar-refractivity contribution is -0.137. The number of imide groups is 1. The first-order valence-corrected chi connectivity index (χ1v) is 9.88. The predicted octanol–water partition coefficient (Wildman–Crippen LogP) is -1.00. The van der Waals surface area contributed by atoms with Crippen molar-refractivity contribution in [2.45, 2.75) is 51.6 Å². The quantitative estimate of drug-likeness (QED) is 0.208. The smallest absolute Gasteiger partial charge is 0.253 e. The minimum atomic E-state index is -0.775. The maximum Gasteiger partial charge on any atom is 0.253 e. The minimum absolute atomic E-state index is 0.111. The highest BCUT2D eigenvalue weighted by Gasteiger charge is 2.22. The molecular formula is C18H27N4O6P. The number of hydrogen-bond donors (Lipinski definition) is 3. The number of carbonyl (C=O) groups is 6. The van der Waals surface area contributed by atoms with E-state index in [0.29, 0.717) is 12.8 Å². The Kier molecular flexibility index (Phi) is 10.2. The van der Waals surface area contributed by atoms with Crippen molar-refractivity contribution in [1.82, 2.24) is 20.9 Å². The highest BCUT2D eigenvalue weighted by atomic mass is 31.0. The summed E-state index contributed by atoms with van der Waals surface area (Å²) in [6.45, 7) is 3.35. The van der Waals surface area contributed by atoms with E-state index in [9.17, 15) is 28.8 Å². The summed E-state index contributed by atoms with van der Waals surface area (Å²) in [4.78, 5) is 70.3. The first-order valence-electron chi connectivity index (χ1n) is 9.31. The summed E-state index contributed by atoms with van der Waals surface area (Å²) in [6.07, 6.45) is 3.66. The second kappa shape index (κ2) is 12.1. The Morgan fingerprint density at radius 3 is 2.03 bits per heavy atom. The molecule has 0 radical (unpaired) electrons. The lowest BCUT2D eigenvalue weighted by Crippen LogP contribution is -2.48. The van der Waals surface area contributed by atoms with Gasteiger partial charge >= 0.3 is 0 Å². The molecule has 10 nitrogen and oxygen atoms in total. The Morgan fingerprint density at radius 2 is 1.48 bits per heavy atom. The minimum Gasteiger partial charge on any atom is -0.354 e. The number of carbonyl (C=O) groups excluding carboxylic acids is 6. The molecule has 160 valence electrons. The highest BCUT2D eigenvalue weighted by Crippen LogP contribution is 2.03. The zero-order valence-electron chi connectivity index (χ0n) is 16.5. The van der Waals surface area contributed by atoms with Crippen molar-refractivity contribution in [3.63, 3.8) is 0 Å². The van der Waals surface area contributed by atoms with Gasteiger partial charge in [-0.15, -0.1) is 0 Å². The third-order valence-corrected chi connectivity index (χ3v) is 4.67. The van der Waals surface area contributed by atoms with Gasteiger partial charge < -0.3 is 16.0 Å². The SMILES string of the molecule is C[C@H](NC(=O)[C@H](C)NC(=O)CCCCC(=O)NCCN1C(=O)C=CC1=O)C(=O)P. The molecule has 29 heavy (non-hydrogen) atoms. The summed E-state index contributed by atoms with van der Waals surface area (Å²) >= 11 is 0. The third kappa shape index (κ3) is 8.95. The van der Waals surface area contributed by atoms with Gasteiger partial charge in [0.25, 0.3) is 11.8 Å². The molecule has 1 unspecified atom stereocenters. The second-order valence-corrected chi connectivity index (χ2v) is 7.21. The zero-order chi connectivity index (χ0) is 22.0. The number of rotatable bonds is 12. The van der Waals surface area contributed by atoms with Gasteiger partial charge in [-0.1, -0.05) is 9.24 Å². The summed E-state index contributed by atoms with van der Waals surface area (Å²) < 4.78 is 0. The van der Waals surface area contributed by atoms with E-state index in [4.69, 9.17) is 0 Å². The molecule has 1 aliphatic heterocycles. The second-order valence-electron chi connectivity index (χ2n) is 6.64. The van der Waals surface area contributed by atoms with Crippen LogP contribution in [0.2, 0.25) is 0 Å². The molecule has 0 aromatic heterocycles. The largest absolute Gasteiger partial charge is 0.354 e. The van der Waals surface area contributed by atoms with Crippen molar-refractivity contribution in [1.29, 1.82) is 0 Å². The van der Waals surface area contributed by atoms with Crippen LogP contribution in [0.25, 0.3) is 0 Å². The van der Waals surface area contributed by atoms with Crippen LogP contribution in [-0.4, -0.2) is 65.1 Å². The van der Waals surface area contributed by atoms with Crippen LogP contribution in [0.4, 0.5) is 0 Å². The van der Waals surface area contributed by atoms with E-state index in [-0.39, 0.29) is 43.3 Å². The van der Waals surface area contributed by atoms with Crippen LogP contribution < -0.4 is 16.0 Å². The first kappa shape index (κ1) is 24.4. The Hall–Kier alpha value is -2.61. The Labute approximate surface area is 171 Å². The van der Waals surface area contributed by atoms with Gasteiger partial charge in [0.15, 0.2) is 5.52 Å². The molecule has 0 aromatic rings. The van der Waals surface area contributed by atoms with Gasteiger partial charge in [0, 0.05) is 38.1 Å². The van der Waals surface area contributed by atoms with Gasteiger partial charge in [-0.2, -0.15) is 0 Å². The average Bonchev–Trinajstić information content (AvgIpc) is 2.97. The zero-order valence-corrected chi connectivity index (χ0v) is 17.7. The van der Waals surface area contributed by atoms with Crippen LogP contribution in [0.15, 0.2) is 12.2 Å². The number of nitrogens with zero attached hydrogens (tertiary/aromatic N) is 1. The van der Waals surface area contributed by atoms with E-state index < -0.39 is 29.8 Å². The summed E-state index contributed by atoms with van der Waals surface area (Å²) in [7, 11) is 1.98. The molecule has 0 saturated carbocycles. The van der Waals surface area contributed by atoms with Crippen LogP contribution in [0.3, 0.4) is 0 Å². The van der Waals surface area contributed by atoms with Gasteiger partial charge in [-0.05, 0) is 26.7 Å². The van der Waals surface area contributed by atoms with Crippen molar-refractivity contribution in [2.24, 2.45) is 0 Å². The fourth-order valence-corrected chi connectivity index (χ4v) is 2.49. The van der Waals surface area contributed by atoms with E-state index in [1.807, 2.05) is 9.24 Å². The van der Waals surface area contributed by atoms with Crippen LogP contribution >= 0.6 is 9.24 Å². The summed E-state index contributed by atoms with van der Waals surface area (Å²) in [5, 5.41) is 7.64. The van der Waals surface area contributed by atoms with E-state index in [1.165, 1.54) is 19.1 Å². The van der Waals surface area contributed by atoms with Crippen LogP contribution in [-0.2, 0) is 28.8 Å². The van der Waals surface area contributed by atoms with Crippen molar-refractivity contribution in [2.75, 3.05) is 13.1 Å². The van der Waals surface area contributed by atoms with E-state index in [0.717, 1.165) is 4.90 Å². The van der Waals surface area contributed by atoms with Crippen molar-refractivity contribution in [3.8, 4) is 0 Å².